The first-order chi connectivity index (χ1) is 16.8. The number of halogens is 1. The third-order valence-electron chi connectivity index (χ3n) is 6.20. The van der Waals surface area contributed by atoms with Crippen molar-refractivity contribution in [2.45, 2.75) is 32.4 Å². The van der Waals surface area contributed by atoms with Gasteiger partial charge in [0.15, 0.2) is 0 Å². The van der Waals surface area contributed by atoms with Crippen LogP contribution in [0.3, 0.4) is 0 Å². The minimum absolute atomic E-state index is 0.0159. The molecule has 186 valence electrons. The molecule has 0 radical (unpaired) electrons. The van der Waals surface area contributed by atoms with E-state index < -0.39 is 17.7 Å². The van der Waals surface area contributed by atoms with Crippen LogP contribution in [0.25, 0.3) is 5.76 Å². The molecule has 2 aliphatic rings. The number of ketones is 1. The monoisotopic (exact) mass is 498 g/mol. The van der Waals surface area contributed by atoms with Crippen molar-refractivity contribution >= 4 is 29.1 Å². The highest BCUT2D eigenvalue weighted by Crippen LogP contribution is 2.40. The largest absolute Gasteiger partial charge is 0.507 e. The Hall–Kier alpha value is -2.87. The average molecular weight is 499 g/mol. The Labute approximate surface area is 210 Å². The van der Waals surface area contributed by atoms with Crippen molar-refractivity contribution in [2.75, 3.05) is 39.4 Å². The maximum atomic E-state index is 13.2. The van der Waals surface area contributed by atoms with Crippen LogP contribution < -0.4 is 4.74 Å². The SMILES string of the molecule is CC(C)Oc1ccc(C(O)=C2C(=O)C(=O)N(CCCN3CCOCC3)[C@@H]2c2ccc(Cl)cc2)cc1. The number of Topliss-reactive ketones (excluding diaryl/α,β-unsaturated/α-hetero) is 1. The second-order valence-electron chi connectivity index (χ2n) is 9.04. The van der Waals surface area contributed by atoms with E-state index >= 15 is 0 Å². The van der Waals surface area contributed by atoms with E-state index in [9.17, 15) is 14.7 Å². The highest BCUT2D eigenvalue weighted by atomic mass is 35.5. The minimum atomic E-state index is -0.691. The molecule has 0 saturated carbocycles. The van der Waals surface area contributed by atoms with Crippen LogP contribution in [-0.2, 0) is 14.3 Å². The predicted octanol–water partition coefficient (Wildman–Crippen LogP) is 4.27. The molecule has 0 aliphatic carbocycles. The molecule has 4 rings (SSSR count). The molecule has 2 aromatic rings. The maximum Gasteiger partial charge on any atom is 0.295 e. The molecule has 2 saturated heterocycles. The van der Waals surface area contributed by atoms with Gasteiger partial charge in [0, 0.05) is 36.8 Å². The lowest BCUT2D eigenvalue weighted by atomic mass is 9.95. The smallest absolute Gasteiger partial charge is 0.295 e. The summed E-state index contributed by atoms with van der Waals surface area (Å²) in [5.41, 5.74) is 1.26. The maximum absolute atomic E-state index is 13.2. The van der Waals surface area contributed by atoms with Crippen molar-refractivity contribution in [3.8, 4) is 5.75 Å². The molecule has 1 amide bonds. The van der Waals surface area contributed by atoms with Gasteiger partial charge in [0.05, 0.1) is 30.9 Å². The molecular formula is C27H31ClN2O5. The summed E-state index contributed by atoms with van der Waals surface area (Å²) in [6.07, 6.45) is 0.723. The van der Waals surface area contributed by atoms with Crippen LogP contribution in [0.15, 0.2) is 54.1 Å². The summed E-state index contributed by atoms with van der Waals surface area (Å²) in [5, 5.41) is 11.8. The number of nitrogens with zero attached hydrogens (tertiary/aromatic N) is 2. The quantitative estimate of drug-likeness (QED) is 0.332. The van der Waals surface area contributed by atoms with Gasteiger partial charge in [0.1, 0.15) is 11.5 Å². The highest BCUT2D eigenvalue weighted by molar-refractivity contribution is 6.46. The molecule has 2 aromatic carbocycles. The number of carbonyl (C=O) groups excluding carboxylic acids is 2. The number of amides is 1. The number of ether oxygens (including phenoxy) is 2. The Morgan fingerprint density at radius 2 is 1.71 bits per heavy atom. The molecular weight excluding hydrogens is 468 g/mol. The molecule has 2 heterocycles. The van der Waals surface area contributed by atoms with Gasteiger partial charge in [-0.15, -0.1) is 0 Å². The average Bonchev–Trinajstić information content (AvgIpc) is 3.10. The van der Waals surface area contributed by atoms with Crippen LogP contribution in [-0.4, -0.2) is 72.1 Å². The third-order valence-corrected chi connectivity index (χ3v) is 6.45. The summed E-state index contributed by atoms with van der Waals surface area (Å²) in [6, 6.07) is 13.2. The first-order valence-corrected chi connectivity index (χ1v) is 12.3. The molecule has 0 bridgehead atoms. The summed E-state index contributed by atoms with van der Waals surface area (Å²) < 4.78 is 11.1. The Kier molecular flexibility index (Phi) is 8.11. The number of aliphatic hydroxyl groups excluding tert-OH is 1. The Morgan fingerprint density at radius 3 is 2.34 bits per heavy atom. The predicted molar refractivity (Wildman–Crippen MR) is 135 cm³/mol. The summed E-state index contributed by atoms with van der Waals surface area (Å²) >= 11 is 6.09. The second-order valence-corrected chi connectivity index (χ2v) is 9.48. The Bertz CT molecular complexity index is 1080. The number of morpholine rings is 1. The number of hydrogen-bond acceptors (Lipinski definition) is 6. The van der Waals surface area contributed by atoms with Gasteiger partial charge >= 0.3 is 0 Å². The van der Waals surface area contributed by atoms with Crippen molar-refractivity contribution in [2.24, 2.45) is 0 Å². The molecule has 1 atom stereocenters. The van der Waals surface area contributed by atoms with Gasteiger partial charge in [-0.05, 0) is 62.2 Å². The lowest BCUT2D eigenvalue weighted by molar-refractivity contribution is -0.140. The molecule has 0 unspecified atom stereocenters. The van der Waals surface area contributed by atoms with Crippen molar-refractivity contribution in [3.63, 3.8) is 0 Å². The van der Waals surface area contributed by atoms with Gasteiger partial charge < -0.3 is 19.5 Å². The molecule has 2 aliphatic heterocycles. The van der Waals surface area contributed by atoms with Gasteiger partial charge in [0.25, 0.3) is 11.7 Å². The van der Waals surface area contributed by atoms with Gasteiger partial charge in [-0.3, -0.25) is 14.5 Å². The van der Waals surface area contributed by atoms with Crippen molar-refractivity contribution in [3.05, 3.63) is 70.3 Å². The van der Waals surface area contributed by atoms with E-state index in [0.29, 0.717) is 42.5 Å². The van der Waals surface area contributed by atoms with E-state index in [4.69, 9.17) is 21.1 Å². The minimum Gasteiger partial charge on any atom is -0.507 e. The van der Waals surface area contributed by atoms with Gasteiger partial charge in [-0.2, -0.15) is 0 Å². The Morgan fingerprint density at radius 1 is 1.06 bits per heavy atom. The number of aliphatic hydroxyl groups is 1. The van der Waals surface area contributed by atoms with Crippen LogP contribution in [0, 0.1) is 0 Å². The first-order valence-electron chi connectivity index (χ1n) is 12.0. The number of carbonyl (C=O) groups is 2. The van der Waals surface area contributed by atoms with E-state index in [-0.39, 0.29) is 17.4 Å². The third kappa shape index (κ3) is 5.86. The van der Waals surface area contributed by atoms with Crippen LogP contribution in [0.4, 0.5) is 0 Å². The zero-order chi connectivity index (χ0) is 24.9. The molecule has 8 heteroatoms. The second kappa shape index (κ2) is 11.2. The Balaban J connectivity index is 1.64. The van der Waals surface area contributed by atoms with Crippen LogP contribution in [0.1, 0.15) is 37.4 Å². The fourth-order valence-corrected chi connectivity index (χ4v) is 4.64. The van der Waals surface area contributed by atoms with E-state index in [1.165, 1.54) is 0 Å². The van der Waals surface area contributed by atoms with E-state index in [2.05, 4.69) is 4.90 Å². The standard InChI is InChI=1S/C27H31ClN2O5/c1-18(2)35-22-10-6-20(7-11-22)25(31)23-24(19-4-8-21(28)9-5-19)30(27(33)26(23)32)13-3-12-29-14-16-34-17-15-29/h4-11,18,24,31H,3,12-17H2,1-2H3/t24-/m1/s1. The zero-order valence-electron chi connectivity index (χ0n) is 20.1. The lowest BCUT2D eigenvalue weighted by Crippen LogP contribution is -2.38. The van der Waals surface area contributed by atoms with Crippen LogP contribution in [0.5, 0.6) is 5.75 Å². The molecule has 1 N–H and O–H groups in total. The number of rotatable bonds is 8. The highest BCUT2D eigenvalue weighted by Gasteiger charge is 2.45. The zero-order valence-corrected chi connectivity index (χ0v) is 20.8. The van der Waals surface area contributed by atoms with Crippen molar-refractivity contribution in [1.29, 1.82) is 0 Å². The van der Waals surface area contributed by atoms with Crippen LogP contribution in [0.2, 0.25) is 5.02 Å². The summed E-state index contributed by atoms with van der Waals surface area (Å²) in [6.45, 7) is 8.18. The number of hydrogen-bond donors (Lipinski definition) is 1. The lowest BCUT2D eigenvalue weighted by Gasteiger charge is -2.29. The fourth-order valence-electron chi connectivity index (χ4n) is 4.51. The normalized spacial score (nSPS) is 20.6. The van der Waals surface area contributed by atoms with E-state index in [0.717, 1.165) is 25.2 Å². The van der Waals surface area contributed by atoms with E-state index in [1.54, 1.807) is 53.4 Å². The first kappa shape index (κ1) is 25.2. The van der Waals surface area contributed by atoms with E-state index in [1.807, 2.05) is 13.8 Å². The fraction of sp³-hybridized carbons (Fsp3) is 0.407. The molecule has 35 heavy (non-hydrogen) atoms. The topological polar surface area (TPSA) is 79.3 Å². The van der Waals surface area contributed by atoms with Crippen LogP contribution >= 0.6 is 11.6 Å². The summed E-state index contributed by atoms with van der Waals surface area (Å²) in [5.74, 6) is -0.825. The molecule has 0 spiro atoms. The van der Waals surface area contributed by atoms with Gasteiger partial charge in [-0.1, -0.05) is 23.7 Å². The van der Waals surface area contributed by atoms with Gasteiger partial charge in [0.2, 0.25) is 0 Å². The number of likely N-dealkylation sites (tertiary alicyclic amines) is 1. The summed E-state index contributed by atoms with van der Waals surface area (Å²) in [7, 11) is 0. The number of benzene rings is 2. The summed E-state index contributed by atoms with van der Waals surface area (Å²) in [4.78, 5) is 30.1. The van der Waals surface area contributed by atoms with Crippen molar-refractivity contribution < 1.29 is 24.2 Å². The van der Waals surface area contributed by atoms with Gasteiger partial charge in [-0.25, -0.2) is 0 Å². The molecule has 7 nitrogen and oxygen atoms in total. The van der Waals surface area contributed by atoms with Crippen molar-refractivity contribution in [1.82, 2.24) is 9.80 Å². The molecule has 2 fully saturated rings. The molecule has 0 aromatic heterocycles.